The Balaban J connectivity index is 2.12. The van der Waals surface area contributed by atoms with Gasteiger partial charge in [0.1, 0.15) is 23.1 Å². The number of nitrogens with one attached hydrogen (secondary N) is 1. The van der Waals surface area contributed by atoms with E-state index in [0.717, 1.165) is 12.1 Å². The Morgan fingerprint density at radius 2 is 1.76 bits per heavy atom. The fraction of sp³-hybridized carbons (Fsp3) is 0.176. The highest BCUT2D eigenvalue weighted by Crippen LogP contribution is 3.02. The van der Waals surface area contributed by atoms with Crippen molar-refractivity contribution in [3.63, 3.8) is 0 Å². The molecule has 0 saturated heterocycles. The Bertz CT molecular complexity index is 993. The van der Waals surface area contributed by atoms with E-state index in [1.54, 1.807) is 6.07 Å². The second-order valence-corrected chi connectivity index (χ2v) is 9.07. The van der Waals surface area contributed by atoms with Gasteiger partial charge in [-0.15, -0.1) is 0 Å². The number of hydrogen-bond acceptors (Lipinski definition) is 3. The Morgan fingerprint density at radius 1 is 1.17 bits per heavy atom. The van der Waals surface area contributed by atoms with Crippen LogP contribution in [-0.4, -0.2) is 18.1 Å². The van der Waals surface area contributed by atoms with E-state index in [-0.39, 0.29) is 28.5 Å². The van der Waals surface area contributed by atoms with Gasteiger partial charge in [-0.25, -0.2) is 4.39 Å². The van der Waals surface area contributed by atoms with E-state index < -0.39 is 39.0 Å². The summed E-state index contributed by atoms with van der Waals surface area (Å²) in [5.74, 6) is -1.57. The van der Waals surface area contributed by atoms with Gasteiger partial charge in [0.05, 0.1) is 11.1 Å². The van der Waals surface area contributed by atoms with Gasteiger partial charge in [0, 0.05) is 11.6 Å². The van der Waals surface area contributed by atoms with Gasteiger partial charge in [0.2, 0.25) is 0 Å². The summed E-state index contributed by atoms with van der Waals surface area (Å²) in [5, 5.41) is 11.3. The highest BCUT2D eigenvalue weighted by atomic mass is 35.5. The molecule has 2 aromatic rings. The second kappa shape index (κ2) is 6.74. The summed E-state index contributed by atoms with van der Waals surface area (Å²) in [6.07, 6.45) is 0. The molecule has 2 aromatic carbocycles. The van der Waals surface area contributed by atoms with Crippen LogP contribution in [0.5, 0.6) is 5.75 Å². The number of rotatable bonds is 6. The van der Waals surface area contributed by atoms with Crippen molar-refractivity contribution in [1.82, 2.24) is 5.32 Å². The monoisotopic (exact) mass is 458 g/mol. The van der Waals surface area contributed by atoms with Gasteiger partial charge in [-0.3, -0.25) is 4.79 Å². The zero-order valence-electron chi connectivity index (χ0n) is 14.6. The first-order chi connectivity index (χ1) is 13.0. The van der Waals surface area contributed by atoms with Crippen LogP contribution in [0.15, 0.2) is 47.4 Å². The topological polar surface area (TPSA) is 62.1 Å². The predicted octanol–water partition coefficient (Wildman–Crippen LogP) is 6.23. The van der Waals surface area contributed by atoms with E-state index >= 15 is 0 Å². The first-order valence-corrected chi connectivity index (χ1v) is 10.0. The summed E-state index contributed by atoms with van der Waals surface area (Å²) in [4.78, 5) is 10.1. The standard InChI is InChI=1S/C17H13ClF6N2O2S/c1-17(9-25,10-28-12-4-7-15(19)14(18)8-12)26-16(27)11-2-5-13(6-3-11)29(20,21,22,23)24/h2-8H,10H2,1H3,(H,26,27). The molecule has 0 saturated carbocycles. The molecule has 0 heterocycles. The Morgan fingerprint density at radius 3 is 2.24 bits per heavy atom. The van der Waals surface area contributed by atoms with Crippen molar-refractivity contribution >= 4 is 27.7 Å². The molecule has 2 rings (SSSR count). The minimum absolute atomic E-state index is 0.0944. The lowest BCUT2D eigenvalue weighted by Crippen LogP contribution is -2.49. The summed E-state index contributed by atoms with van der Waals surface area (Å²) >= 11 is 5.61. The SMILES string of the molecule is CC(C#N)(COc1ccc(F)c(Cl)c1)NC(=O)c1ccc(S(F)(F)(F)(F)F)cc1. The zero-order chi connectivity index (χ0) is 22.2. The number of nitriles is 1. The number of amides is 1. The Labute approximate surface area is 166 Å². The molecule has 29 heavy (non-hydrogen) atoms. The third-order valence-corrected chi connectivity index (χ3v) is 5.07. The number of benzene rings is 2. The van der Waals surface area contributed by atoms with Crippen molar-refractivity contribution in [1.29, 1.82) is 5.26 Å². The Kier molecular flexibility index (Phi) is 5.28. The van der Waals surface area contributed by atoms with Crippen LogP contribution in [0.1, 0.15) is 17.3 Å². The van der Waals surface area contributed by atoms with Crippen LogP contribution in [0.4, 0.5) is 23.8 Å². The van der Waals surface area contributed by atoms with E-state index in [9.17, 15) is 33.9 Å². The van der Waals surface area contributed by atoms with Crippen LogP contribution in [-0.2, 0) is 0 Å². The minimum Gasteiger partial charge on any atom is -0.490 e. The average molecular weight is 459 g/mol. The average Bonchev–Trinajstić information content (AvgIpc) is 2.61. The van der Waals surface area contributed by atoms with Gasteiger partial charge in [-0.05, 0) is 43.3 Å². The van der Waals surface area contributed by atoms with Gasteiger partial charge in [0.15, 0.2) is 5.54 Å². The highest BCUT2D eigenvalue weighted by Gasteiger charge is 2.65. The van der Waals surface area contributed by atoms with E-state index in [4.69, 9.17) is 16.3 Å². The summed E-state index contributed by atoms with van der Waals surface area (Å²) in [7, 11) is -9.85. The first kappa shape index (κ1) is 22.7. The molecule has 1 amide bonds. The molecule has 0 fully saturated rings. The lowest BCUT2D eigenvalue weighted by molar-refractivity contribution is 0.0901. The molecule has 0 aliphatic rings. The first-order valence-electron chi connectivity index (χ1n) is 7.69. The van der Waals surface area contributed by atoms with Gasteiger partial charge in [0.25, 0.3) is 5.91 Å². The van der Waals surface area contributed by atoms with Crippen molar-refractivity contribution in [2.24, 2.45) is 0 Å². The largest absolute Gasteiger partial charge is 0.490 e. The molecule has 158 valence electrons. The lowest BCUT2D eigenvalue weighted by atomic mass is 10.1. The molecular formula is C17H13ClF6N2O2S. The van der Waals surface area contributed by atoms with Crippen LogP contribution in [0.25, 0.3) is 0 Å². The van der Waals surface area contributed by atoms with Crippen LogP contribution in [0.3, 0.4) is 0 Å². The van der Waals surface area contributed by atoms with Crippen molar-refractivity contribution < 1.29 is 33.4 Å². The van der Waals surface area contributed by atoms with Crippen molar-refractivity contribution in [2.75, 3.05) is 6.61 Å². The van der Waals surface area contributed by atoms with E-state index in [1.807, 2.05) is 0 Å². The fourth-order valence-corrected chi connectivity index (χ4v) is 2.90. The molecule has 0 radical (unpaired) electrons. The lowest BCUT2D eigenvalue weighted by Gasteiger charge is -2.40. The molecule has 1 atom stereocenters. The molecule has 4 nitrogen and oxygen atoms in total. The molecule has 0 aromatic heterocycles. The molecule has 1 N–H and O–H groups in total. The number of hydrogen-bond donors (Lipinski definition) is 1. The molecule has 0 aliphatic carbocycles. The van der Waals surface area contributed by atoms with E-state index in [2.05, 4.69) is 5.32 Å². The molecule has 0 bridgehead atoms. The maximum Gasteiger partial charge on any atom is 0.310 e. The molecular weight excluding hydrogens is 446 g/mol. The van der Waals surface area contributed by atoms with Gasteiger partial charge in [-0.1, -0.05) is 31.0 Å². The number of carbonyl (C=O) groups is 1. The minimum atomic E-state index is -9.85. The normalized spacial score (nSPS) is 16.0. The van der Waals surface area contributed by atoms with Crippen molar-refractivity contribution in [2.45, 2.75) is 17.4 Å². The number of carbonyl (C=O) groups excluding carboxylic acids is 1. The fourth-order valence-electron chi connectivity index (χ4n) is 2.08. The van der Waals surface area contributed by atoms with Gasteiger partial charge < -0.3 is 10.1 Å². The quantitative estimate of drug-likeness (QED) is 0.522. The maximum atomic E-state index is 13.1. The van der Waals surface area contributed by atoms with Crippen LogP contribution < -0.4 is 10.1 Å². The van der Waals surface area contributed by atoms with Crippen molar-refractivity contribution in [3.8, 4) is 11.8 Å². The van der Waals surface area contributed by atoms with Gasteiger partial charge in [-0.2, -0.15) is 5.26 Å². The van der Waals surface area contributed by atoms with Crippen LogP contribution in [0, 0.1) is 17.1 Å². The number of ether oxygens (including phenoxy) is 1. The third kappa shape index (κ3) is 5.95. The number of halogens is 7. The highest BCUT2D eigenvalue weighted by molar-refractivity contribution is 8.45. The third-order valence-electron chi connectivity index (χ3n) is 3.62. The second-order valence-electron chi connectivity index (χ2n) is 6.26. The molecule has 12 heteroatoms. The van der Waals surface area contributed by atoms with Crippen LogP contribution >= 0.6 is 21.8 Å². The molecule has 1 unspecified atom stereocenters. The maximum absolute atomic E-state index is 13.1. The summed E-state index contributed by atoms with van der Waals surface area (Å²) in [6, 6.07) is 6.51. The van der Waals surface area contributed by atoms with Crippen LogP contribution in [0.2, 0.25) is 5.02 Å². The zero-order valence-corrected chi connectivity index (χ0v) is 16.1. The molecule has 0 spiro atoms. The van der Waals surface area contributed by atoms with E-state index in [0.29, 0.717) is 12.1 Å². The Hall–Kier alpha value is -2.58. The number of nitrogens with zero attached hydrogens (tertiary/aromatic N) is 1. The predicted molar refractivity (Wildman–Crippen MR) is 96.2 cm³/mol. The summed E-state index contributed by atoms with van der Waals surface area (Å²) in [6.45, 7) is 0.847. The van der Waals surface area contributed by atoms with E-state index in [1.165, 1.54) is 13.0 Å². The summed E-state index contributed by atoms with van der Waals surface area (Å²) < 4.78 is 82.1. The van der Waals surface area contributed by atoms with Crippen molar-refractivity contribution in [3.05, 3.63) is 58.9 Å². The molecule has 0 aliphatic heterocycles. The smallest absolute Gasteiger partial charge is 0.310 e. The van der Waals surface area contributed by atoms with Gasteiger partial charge >= 0.3 is 10.2 Å². The summed E-state index contributed by atoms with van der Waals surface area (Å²) in [5.41, 5.74) is -2.02.